The molecule has 238 valence electrons. The number of imidazole rings is 1. The fourth-order valence-electron chi connectivity index (χ4n) is 5.75. The van der Waals surface area contributed by atoms with Gasteiger partial charge in [0.05, 0.1) is 30.9 Å². The van der Waals surface area contributed by atoms with Crippen LogP contribution in [-0.2, 0) is 19.3 Å². The number of hydrogen-bond acceptors (Lipinski definition) is 8. The third kappa shape index (κ3) is 5.77. The van der Waals surface area contributed by atoms with E-state index in [2.05, 4.69) is 25.0 Å². The quantitative estimate of drug-likeness (QED) is 0.158. The zero-order chi connectivity index (χ0) is 32.1. The van der Waals surface area contributed by atoms with Gasteiger partial charge in [0.15, 0.2) is 17.2 Å². The summed E-state index contributed by atoms with van der Waals surface area (Å²) in [5, 5.41) is 5.35. The predicted octanol–water partition coefficient (Wildman–Crippen LogP) is 7.01. The van der Waals surface area contributed by atoms with E-state index in [0.29, 0.717) is 40.1 Å². The number of fused-ring (bicyclic) bond motifs is 1. The first-order valence-corrected chi connectivity index (χ1v) is 15.4. The Hall–Kier alpha value is -5.33. The molecule has 47 heavy (non-hydrogen) atoms. The maximum atomic E-state index is 13.7. The fraction of sp³-hybridized carbons (Fsp3) is 0.294. The number of ether oxygens (including phenoxy) is 2. The van der Waals surface area contributed by atoms with Crippen LogP contribution in [0.3, 0.4) is 0 Å². The summed E-state index contributed by atoms with van der Waals surface area (Å²) < 4.78 is 56.3. The number of halogens is 3. The van der Waals surface area contributed by atoms with Crippen LogP contribution in [0.5, 0.6) is 11.6 Å². The molecular weight excluding hydrogens is 609 g/mol. The number of aromatic nitrogens is 8. The molecule has 0 atom stereocenters. The third-order valence-electron chi connectivity index (χ3n) is 8.45. The second-order valence-corrected chi connectivity index (χ2v) is 11.9. The van der Waals surface area contributed by atoms with Crippen molar-refractivity contribution in [1.82, 2.24) is 39.3 Å². The Balaban J connectivity index is 1.18. The van der Waals surface area contributed by atoms with Gasteiger partial charge in [0.25, 0.3) is 0 Å². The second kappa shape index (κ2) is 11.5. The van der Waals surface area contributed by atoms with Crippen LogP contribution >= 0.6 is 0 Å². The SMILES string of the molecule is COc1ncnc(C2CC2)c1-c1ncc2cnn(Cc3ccc(-c4nc(C(F)(F)F)cn4C4CC4)cc3OCc3ccccc3)c2n1. The highest BCUT2D eigenvalue weighted by molar-refractivity contribution is 5.77. The molecule has 2 aliphatic carbocycles. The van der Waals surface area contributed by atoms with Crippen LogP contribution in [0.25, 0.3) is 33.8 Å². The zero-order valence-corrected chi connectivity index (χ0v) is 25.4. The van der Waals surface area contributed by atoms with Gasteiger partial charge in [0.1, 0.15) is 30.1 Å². The maximum Gasteiger partial charge on any atom is 0.434 e. The molecular formula is C34H29F3N8O2. The average Bonchev–Trinajstić information content (AvgIpc) is 4.03. The molecule has 0 bridgehead atoms. The first kappa shape index (κ1) is 29.1. The Morgan fingerprint density at radius 2 is 1.77 bits per heavy atom. The average molecular weight is 639 g/mol. The number of methoxy groups -OCH3 is 1. The fourth-order valence-corrected chi connectivity index (χ4v) is 5.75. The van der Waals surface area contributed by atoms with E-state index in [4.69, 9.17) is 14.5 Å². The zero-order valence-electron chi connectivity index (χ0n) is 25.4. The summed E-state index contributed by atoms with van der Waals surface area (Å²) in [4.78, 5) is 22.4. The lowest BCUT2D eigenvalue weighted by molar-refractivity contribution is -0.140. The number of rotatable bonds is 10. The first-order chi connectivity index (χ1) is 22.9. The van der Waals surface area contributed by atoms with Crippen LogP contribution in [0.2, 0.25) is 0 Å². The number of hydrogen-bond donors (Lipinski definition) is 0. The van der Waals surface area contributed by atoms with Crippen molar-refractivity contribution in [2.45, 2.75) is 57.0 Å². The molecule has 2 aromatic carbocycles. The number of benzene rings is 2. The minimum absolute atomic E-state index is 0.000325. The van der Waals surface area contributed by atoms with Gasteiger partial charge in [-0.25, -0.2) is 29.6 Å². The highest BCUT2D eigenvalue weighted by Crippen LogP contribution is 2.45. The van der Waals surface area contributed by atoms with E-state index >= 15 is 0 Å². The minimum Gasteiger partial charge on any atom is -0.489 e. The summed E-state index contributed by atoms with van der Waals surface area (Å²) >= 11 is 0. The smallest absolute Gasteiger partial charge is 0.434 e. The molecule has 4 heterocycles. The highest BCUT2D eigenvalue weighted by atomic mass is 19.4. The van der Waals surface area contributed by atoms with Crippen molar-refractivity contribution in [2.75, 3.05) is 7.11 Å². The summed E-state index contributed by atoms with van der Waals surface area (Å²) in [7, 11) is 1.56. The van der Waals surface area contributed by atoms with Gasteiger partial charge >= 0.3 is 6.18 Å². The van der Waals surface area contributed by atoms with Crippen LogP contribution in [0.1, 0.15) is 60.2 Å². The van der Waals surface area contributed by atoms with E-state index in [1.54, 1.807) is 40.9 Å². The first-order valence-electron chi connectivity index (χ1n) is 15.4. The summed E-state index contributed by atoms with van der Waals surface area (Å²) in [6, 6.07) is 15.1. The second-order valence-electron chi connectivity index (χ2n) is 11.9. The van der Waals surface area contributed by atoms with Gasteiger partial charge in [0.2, 0.25) is 5.88 Å². The van der Waals surface area contributed by atoms with Crippen LogP contribution in [-0.4, -0.2) is 46.4 Å². The van der Waals surface area contributed by atoms with Crippen molar-refractivity contribution >= 4 is 11.0 Å². The van der Waals surface area contributed by atoms with Crippen LogP contribution in [0.4, 0.5) is 13.2 Å². The minimum atomic E-state index is -4.54. The summed E-state index contributed by atoms with van der Waals surface area (Å²) in [6.07, 6.45) is 5.19. The Morgan fingerprint density at radius 1 is 0.936 bits per heavy atom. The van der Waals surface area contributed by atoms with Crippen LogP contribution < -0.4 is 9.47 Å². The molecule has 0 N–H and O–H groups in total. The standard InChI is InChI=1S/C34H29F3N8O2/c1-46-33-28(29(21-7-8-21)39-19-40-33)30-38-14-24-15-41-45(32(24)43-30)16-23-10-9-22(13-26(23)47-18-20-5-3-2-4-6-20)31-42-27(34(35,36)37)17-44(31)25-11-12-25/h2-6,9-10,13-15,17,19,21,25H,7-8,11-12,16,18H2,1H3. The van der Waals surface area contributed by atoms with Gasteiger partial charge in [-0.15, -0.1) is 0 Å². The molecule has 2 aliphatic rings. The maximum absolute atomic E-state index is 13.7. The lowest BCUT2D eigenvalue weighted by atomic mass is 10.1. The van der Waals surface area contributed by atoms with Crippen molar-refractivity contribution in [1.29, 1.82) is 0 Å². The van der Waals surface area contributed by atoms with Gasteiger partial charge in [-0.1, -0.05) is 42.5 Å². The lowest BCUT2D eigenvalue weighted by Gasteiger charge is -2.15. The van der Waals surface area contributed by atoms with E-state index in [1.807, 2.05) is 36.4 Å². The van der Waals surface area contributed by atoms with Crippen molar-refractivity contribution in [3.05, 3.63) is 96.0 Å². The molecule has 0 radical (unpaired) electrons. The van der Waals surface area contributed by atoms with Gasteiger partial charge in [-0.3, -0.25) is 0 Å². The molecule has 0 unspecified atom stereocenters. The molecule has 10 nitrogen and oxygen atoms in total. The van der Waals surface area contributed by atoms with E-state index < -0.39 is 11.9 Å². The molecule has 6 aromatic rings. The van der Waals surface area contributed by atoms with Crippen molar-refractivity contribution in [3.8, 4) is 34.4 Å². The predicted molar refractivity (Wildman–Crippen MR) is 166 cm³/mol. The summed E-state index contributed by atoms with van der Waals surface area (Å²) in [5.41, 5.74) is 3.50. The molecule has 2 saturated carbocycles. The monoisotopic (exact) mass is 638 g/mol. The Labute approximate surface area is 267 Å². The van der Waals surface area contributed by atoms with E-state index in [0.717, 1.165) is 54.1 Å². The summed E-state index contributed by atoms with van der Waals surface area (Å²) in [6.45, 7) is 0.555. The number of alkyl halides is 3. The Morgan fingerprint density at radius 3 is 2.51 bits per heavy atom. The normalized spacial score (nSPS) is 14.9. The van der Waals surface area contributed by atoms with Crippen molar-refractivity contribution in [3.63, 3.8) is 0 Å². The molecule has 13 heteroatoms. The lowest BCUT2D eigenvalue weighted by Crippen LogP contribution is -2.07. The van der Waals surface area contributed by atoms with E-state index in [-0.39, 0.29) is 25.0 Å². The molecule has 8 rings (SSSR count). The molecule has 0 spiro atoms. The van der Waals surface area contributed by atoms with Crippen LogP contribution in [0.15, 0.2) is 73.4 Å². The van der Waals surface area contributed by atoms with Gasteiger partial charge in [-0.2, -0.15) is 18.3 Å². The van der Waals surface area contributed by atoms with Gasteiger partial charge < -0.3 is 14.0 Å². The molecule has 0 amide bonds. The molecule has 0 saturated heterocycles. The number of nitrogens with zero attached hydrogens (tertiary/aromatic N) is 8. The van der Waals surface area contributed by atoms with Crippen molar-refractivity contribution < 1.29 is 22.6 Å². The largest absolute Gasteiger partial charge is 0.489 e. The van der Waals surface area contributed by atoms with Crippen molar-refractivity contribution in [2.24, 2.45) is 0 Å². The Kier molecular flexibility index (Phi) is 7.11. The Bertz CT molecular complexity index is 2090. The third-order valence-corrected chi connectivity index (χ3v) is 8.45. The molecule has 4 aromatic heterocycles. The highest BCUT2D eigenvalue weighted by Gasteiger charge is 2.37. The van der Waals surface area contributed by atoms with Gasteiger partial charge in [0, 0.05) is 35.5 Å². The molecule has 2 fully saturated rings. The van der Waals surface area contributed by atoms with Crippen LogP contribution in [0, 0.1) is 0 Å². The van der Waals surface area contributed by atoms with Gasteiger partial charge in [-0.05, 0) is 37.3 Å². The van der Waals surface area contributed by atoms with E-state index in [1.165, 1.54) is 6.33 Å². The van der Waals surface area contributed by atoms with E-state index in [9.17, 15) is 13.2 Å². The molecule has 0 aliphatic heterocycles. The topological polar surface area (TPSA) is 106 Å². The summed E-state index contributed by atoms with van der Waals surface area (Å²) in [5.74, 6) is 1.96.